The van der Waals surface area contributed by atoms with E-state index < -0.39 is 0 Å². The zero-order valence-corrected chi connectivity index (χ0v) is 13.2. The zero-order valence-electron chi connectivity index (χ0n) is 11.7. The first kappa shape index (κ1) is 14.3. The second-order valence-electron chi connectivity index (χ2n) is 4.98. The molecule has 0 saturated carbocycles. The third-order valence-electron chi connectivity index (χ3n) is 3.29. The van der Waals surface area contributed by atoms with Crippen molar-refractivity contribution in [2.75, 3.05) is 0 Å². The first-order chi connectivity index (χ1) is 9.01. The fourth-order valence-corrected chi connectivity index (χ4v) is 2.63. The maximum Gasteiger partial charge on any atom is 0.0682 e. The number of aryl methyl sites for hydroxylation is 2. The molecule has 1 aromatic heterocycles. The predicted molar refractivity (Wildman–Crippen MR) is 82.7 cm³/mol. The molecule has 0 amide bonds. The van der Waals surface area contributed by atoms with Crippen LogP contribution < -0.4 is 5.73 Å². The Morgan fingerprint density at radius 2 is 2.05 bits per heavy atom. The monoisotopic (exact) mass is 321 g/mol. The summed E-state index contributed by atoms with van der Waals surface area (Å²) < 4.78 is 3.08. The molecule has 1 aromatic carbocycles. The number of nitrogens with zero attached hydrogens (tertiary/aromatic N) is 2. The summed E-state index contributed by atoms with van der Waals surface area (Å²) >= 11 is 3.53. The van der Waals surface area contributed by atoms with Gasteiger partial charge in [-0.3, -0.25) is 0 Å². The minimum atomic E-state index is 0.185. The number of rotatable bonds is 4. The van der Waals surface area contributed by atoms with Gasteiger partial charge < -0.3 is 5.73 Å². The molecule has 0 saturated heterocycles. The van der Waals surface area contributed by atoms with E-state index in [4.69, 9.17) is 5.73 Å². The summed E-state index contributed by atoms with van der Waals surface area (Å²) in [7, 11) is 0. The molecule has 2 rings (SSSR count). The highest BCUT2D eigenvalue weighted by molar-refractivity contribution is 9.10. The predicted octanol–water partition coefficient (Wildman–Crippen LogP) is 3.53. The van der Waals surface area contributed by atoms with Crippen molar-refractivity contribution in [3.05, 3.63) is 45.7 Å². The summed E-state index contributed by atoms with van der Waals surface area (Å²) in [5.74, 6) is 0. The number of benzene rings is 1. The largest absolute Gasteiger partial charge is 0.327 e. The van der Waals surface area contributed by atoms with Gasteiger partial charge in [-0.25, -0.2) is 4.68 Å². The first-order valence-electron chi connectivity index (χ1n) is 6.59. The number of hydrogen-bond donors (Lipinski definition) is 1. The molecule has 4 heteroatoms. The van der Waals surface area contributed by atoms with Gasteiger partial charge in [-0.2, -0.15) is 5.10 Å². The van der Waals surface area contributed by atoms with Crippen LogP contribution >= 0.6 is 15.9 Å². The van der Waals surface area contributed by atoms with Crippen LogP contribution in [0, 0.1) is 13.8 Å². The Morgan fingerprint density at radius 3 is 2.63 bits per heavy atom. The third-order valence-corrected chi connectivity index (χ3v) is 3.78. The van der Waals surface area contributed by atoms with E-state index in [0.29, 0.717) is 0 Å². The quantitative estimate of drug-likeness (QED) is 0.936. The van der Waals surface area contributed by atoms with Crippen molar-refractivity contribution in [1.82, 2.24) is 9.78 Å². The lowest BCUT2D eigenvalue weighted by Gasteiger charge is -2.15. The zero-order chi connectivity index (χ0) is 14.0. The summed E-state index contributed by atoms with van der Waals surface area (Å²) in [6.07, 6.45) is 1.84. The van der Waals surface area contributed by atoms with E-state index in [9.17, 15) is 0 Å². The van der Waals surface area contributed by atoms with Crippen LogP contribution in [0.15, 0.2) is 28.7 Å². The molecule has 0 fully saturated rings. The molecule has 0 aliphatic heterocycles. The van der Waals surface area contributed by atoms with E-state index in [1.165, 1.54) is 5.56 Å². The average molecular weight is 322 g/mol. The molecule has 1 atom stereocenters. The van der Waals surface area contributed by atoms with Crippen molar-refractivity contribution in [2.24, 2.45) is 5.73 Å². The van der Waals surface area contributed by atoms with Gasteiger partial charge in [-0.1, -0.05) is 22.9 Å². The summed E-state index contributed by atoms with van der Waals surface area (Å²) in [4.78, 5) is 0. The van der Waals surface area contributed by atoms with Crippen LogP contribution in [0.1, 0.15) is 30.3 Å². The summed E-state index contributed by atoms with van der Waals surface area (Å²) in [5.41, 5.74) is 10.6. The lowest BCUT2D eigenvalue weighted by atomic mass is 10.0. The topological polar surface area (TPSA) is 43.8 Å². The highest BCUT2D eigenvalue weighted by Crippen LogP contribution is 2.23. The molecule has 19 heavy (non-hydrogen) atoms. The van der Waals surface area contributed by atoms with E-state index in [0.717, 1.165) is 34.4 Å². The lowest BCUT2D eigenvalue weighted by Crippen LogP contribution is -2.22. The SMILES string of the molecule is CCC(N)Cc1cc(Br)ccc1-n1nc(C)cc1C. The lowest BCUT2D eigenvalue weighted by molar-refractivity contribution is 0.641. The number of aromatic nitrogens is 2. The number of nitrogens with two attached hydrogens (primary N) is 1. The van der Waals surface area contributed by atoms with Crippen LogP contribution in [0.25, 0.3) is 5.69 Å². The molecule has 102 valence electrons. The number of halogens is 1. The molecule has 0 aliphatic carbocycles. The minimum absolute atomic E-state index is 0.185. The van der Waals surface area contributed by atoms with E-state index in [1.807, 2.05) is 17.7 Å². The van der Waals surface area contributed by atoms with E-state index >= 15 is 0 Å². The second kappa shape index (κ2) is 5.88. The van der Waals surface area contributed by atoms with Crippen molar-refractivity contribution in [1.29, 1.82) is 0 Å². The Balaban J connectivity index is 2.47. The highest BCUT2D eigenvalue weighted by Gasteiger charge is 2.12. The Bertz CT molecular complexity index is 575. The fraction of sp³-hybridized carbons (Fsp3) is 0.400. The molecule has 0 bridgehead atoms. The van der Waals surface area contributed by atoms with E-state index in [2.05, 4.69) is 53.1 Å². The van der Waals surface area contributed by atoms with Gasteiger partial charge in [0.2, 0.25) is 0 Å². The van der Waals surface area contributed by atoms with Gasteiger partial charge in [0.15, 0.2) is 0 Å². The Kier molecular flexibility index (Phi) is 4.42. The molecule has 2 aromatic rings. The van der Waals surface area contributed by atoms with Crippen molar-refractivity contribution < 1.29 is 0 Å². The Morgan fingerprint density at radius 1 is 1.32 bits per heavy atom. The maximum atomic E-state index is 6.10. The van der Waals surface area contributed by atoms with Gasteiger partial charge in [0.25, 0.3) is 0 Å². The molecule has 2 N–H and O–H groups in total. The van der Waals surface area contributed by atoms with Crippen molar-refractivity contribution in [3.63, 3.8) is 0 Å². The third kappa shape index (κ3) is 3.25. The molecule has 3 nitrogen and oxygen atoms in total. The van der Waals surface area contributed by atoms with Crippen LogP contribution in [-0.4, -0.2) is 15.8 Å². The summed E-state index contributed by atoms with van der Waals surface area (Å²) in [6, 6.07) is 8.56. The smallest absolute Gasteiger partial charge is 0.0682 e. The fourth-order valence-electron chi connectivity index (χ4n) is 2.22. The highest BCUT2D eigenvalue weighted by atomic mass is 79.9. The van der Waals surface area contributed by atoms with Crippen molar-refractivity contribution in [2.45, 2.75) is 39.7 Å². The van der Waals surface area contributed by atoms with Crippen molar-refractivity contribution in [3.8, 4) is 5.69 Å². The van der Waals surface area contributed by atoms with Gasteiger partial charge >= 0.3 is 0 Å². The van der Waals surface area contributed by atoms with Crippen LogP contribution in [-0.2, 0) is 6.42 Å². The summed E-state index contributed by atoms with van der Waals surface area (Å²) in [6.45, 7) is 6.21. The number of hydrogen-bond acceptors (Lipinski definition) is 2. The Hall–Kier alpha value is -1.13. The first-order valence-corrected chi connectivity index (χ1v) is 7.38. The average Bonchev–Trinajstić information content (AvgIpc) is 2.68. The molecule has 1 heterocycles. The van der Waals surface area contributed by atoms with Crippen molar-refractivity contribution >= 4 is 15.9 Å². The normalized spacial score (nSPS) is 12.7. The van der Waals surface area contributed by atoms with Crippen LogP contribution in [0.2, 0.25) is 0 Å². The molecule has 0 spiro atoms. The summed E-state index contributed by atoms with van der Waals surface area (Å²) in [5, 5.41) is 4.56. The Labute approximate surface area is 122 Å². The second-order valence-corrected chi connectivity index (χ2v) is 5.90. The van der Waals surface area contributed by atoms with E-state index in [1.54, 1.807) is 0 Å². The van der Waals surface area contributed by atoms with E-state index in [-0.39, 0.29) is 6.04 Å². The van der Waals surface area contributed by atoms with Gasteiger partial charge in [-0.05, 0) is 56.5 Å². The van der Waals surface area contributed by atoms with Crippen LogP contribution in [0.4, 0.5) is 0 Å². The minimum Gasteiger partial charge on any atom is -0.327 e. The van der Waals surface area contributed by atoms with Gasteiger partial charge in [0.1, 0.15) is 0 Å². The van der Waals surface area contributed by atoms with Gasteiger partial charge in [0, 0.05) is 16.2 Å². The molecule has 1 unspecified atom stereocenters. The van der Waals surface area contributed by atoms with Gasteiger partial charge in [0.05, 0.1) is 11.4 Å². The van der Waals surface area contributed by atoms with Gasteiger partial charge in [-0.15, -0.1) is 0 Å². The van der Waals surface area contributed by atoms with Crippen LogP contribution in [0.3, 0.4) is 0 Å². The molecular weight excluding hydrogens is 302 g/mol. The molecule has 0 radical (unpaired) electrons. The maximum absolute atomic E-state index is 6.10. The standard InChI is InChI=1S/C15H20BrN3/c1-4-14(17)9-12-8-13(16)5-6-15(12)19-11(3)7-10(2)18-19/h5-8,14H,4,9,17H2,1-3H3. The molecule has 0 aliphatic rings. The molecular formula is C15H20BrN3. The van der Waals surface area contributed by atoms with Crippen LogP contribution in [0.5, 0.6) is 0 Å².